The highest BCUT2D eigenvalue weighted by atomic mass is 16.5. The van der Waals surface area contributed by atoms with Gasteiger partial charge in [0.05, 0.1) is 19.4 Å². The van der Waals surface area contributed by atoms with Crippen LogP contribution < -0.4 is 4.74 Å². The molecule has 0 saturated heterocycles. The van der Waals surface area contributed by atoms with Crippen LogP contribution in [0.3, 0.4) is 0 Å². The number of rotatable bonds is 4. The summed E-state index contributed by atoms with van der Waals surface area (Å²) in [6.07, 6.45) is 2.25. The van der Waals surface area contributed by atoms with E-state index in [-0.39, 0.29) is 6.61 Å². The van der Waals surface area contributed by atoms with Crippen molar-refractivity contribution >= 4 is 0 Å². The molecule has 2 rings (SSSR count). The Hall–Kier alpha value is -1.94. The van der Waals surface area contributed by atoms with E-state index in [0.29, 0.717) is 17.9 Å². The van der Waals surface area contributed by atoms with Gasteiger partial charge in [0.1, 0.15) is 11.6 Å². The number of benzene rings is 1. The molecular formula is C13H14N2O2. The van der Waals surface area contributed by atoms with Gasteiger partial charge in [0.15, 0.2) is 0 Å². The maximum atomic E-state index is 9.01. The summed E-state index contributed by atoms with van der Waals surface area (Å²) < 4.78 is 5.27. The molecule has 4 heteroatoms. The molecule has 0 spiro atoms. The number of methoxy groups -OCH3 is 1. The average Bonchev–Trinajstić information content (AvgIpc) is 2.39. The molecule has 1 aromatic carbocycles. The first-order chi connectivity index (χ1) is 8.33. The highest BCUT2D eigenvalue weighted by Crippen LogP contribution is 2.19. The first kappa shape index (κ1) is 11.5. The van der Waals surface area contributed by atoms with Crippen LogP contribution in [0.25, 0.3) is 0 Å². The number of aromatic nitrogens is 2. The molecule has 0 radical (unpaired) electrons. The summed E-state index contributed by atoms with van der Waals surface area (Å²) in [5.41, 5.74) is 1.66. The van der Waals surface area contributed by atoms with Gasteiger partial charge in [0.2, 0.25) is 0 Å². The zero-order valence-electron chi connectivity index (χ0n) is 9.63. The molecular weight excluding hydrogens is 216 g/mol. The van der Waals surface area contributed by atoms with E-state index < -0.39 is 0 Å². The van der Waals surface area contributed by atoms with Crippen molar-refractivity contribution in [3.05, 3.63) is 53.6 Å². The zero-order chi connectivity index (χ0) is 12.1. The van der Waals surface area contributed by atoms with E-state index in [1.54, 1.807) is 19.4 Å². The molecule has 0 bridgehead atoms. The summed E-state index contributed by atoms with van der Waals surface area (Å²) >= 11 is 0. The molecule has 0 atom stereocenters. The first-order valence-corrected chi connectivity index (χ1v) is 5.37. The fourth-order valence-electron chi connectivity index (χ4n) is 1.63. The summed E-state index contributed by atoms with van der Waals surface area (Å²) in [6, 6.07) is 9.46. The molecule has 0 amide bonds. The lowest BCUT2D eigenvalue weighted by Crippen LogP contribution is -2.01. The van der Waals surface area contributed by atoms with Gasteiger partial charge >= 0.3 is 0 Å². The van der Waals surface area contributed by atoms with Crippen LogP contribution in [0.4, 0.5) is 0 Å². The highest BCUT2D eigenvalue weighted by molar-refractivity contribution is 5.35. The van der Waals surface area contributed by atoms with Gasteiger partial charge in [-0.1, -0.05) is 18.2 Å². The molecule has 0 fully saturated rings. The molecule has 0 aliphatic carbocycles. The SMILES string of the molecule is COc1ccccc1Cc1nccc(CO)n1. The van der Waals surface area contributed by atoms with Crippen molar-refractivity contribution in [2.45, 2.75) is 13.0 Å². The van der Waals surface area contributed by atoms with Gasteiger partial charge in [-0.15, -0.1) is 0 Å². The second-order valence-electron chi connectivity index (χ2n) is 3.61. The van der Waals surface area contributed by atoms with Crippen LogP contribution in [-0.4, -0.2) is 22.2 Å². The van der Waals surface area contributed by atoms with Gasteiger partial charge in [-0.3, -0.25) is 0 Å². The van der Waals surface area contributed by atoms with Crippen LogP contribution in [0.5, 0.6) is 5.75 Å². The maximum absolute atomic E-state index is 9.01. The molecule has 0 saturated carbocycles. The van der Waals surface area contributed by atoms with E-state index in [4.69, 9.17) is 9.84 Å². The number of nitrogens with zero attached hydrogens (tertiary/aromatic N) is 2. The monoisotopic (exact) mass is 230 g/mol. The van der Waals surface area contributed by atoms with Crippen molar-refractivity contribution in [2.24, 2.45) is 0 Å². The molecule has 1 aromatic heterocycles. The Kier molecular flexibility index (Phi) is 3.67. The van der Waals surface area contributed by atoms with E-state index in [2.05, 4.69) is 9.97 Å². The van der Waals surface area contributed by atoms with Crippen LogP contribution in [-0.2, 0) is 13.0 Å². The minimum Gasteiger partial charge on any atom is -0.496 e. The fraction of sp³-hybridized carbons (Fsp3) is 0.231. The summed E-state index contributed by atoms with van der Waals surface area (Å²) in [5.74, 6) is 1.51. The zero-order valence-corrected chi connectivity index (χ0v) is 9.63. The third-order valence-corrected chi connectivity index (χ3v) is 2.47. The molecule has 1 N–H and O–H groups in total. The van der Waals surface area contributed by atoms with E-state index in [0.717, 1.165) is 11.3 Å². The van der Waals surface area contributed by atoms with Gasteiger partial charge in [-0.05, 0) is 12.1 Å². The van der Waals surface area contributed by atoms with E-state index in [1.165, 1.54) is 0 Å². The number of ether oxygens (including phenoxy) is 1. The number of para-hydroxylation sites is 1. The van der Waals surface area contributed by atoms with Crippen molar-refractivity contribution in [1.82, 2.24) is 9.97 Å². The van der Waals surface area contributed by atoms with E-state index in [1.807, 2.05) is 24.3 Å². The van der Waals surface area contributed by atoms with Crippen molar-refractivity contribution in [3.63, 3.8) is 0 Å². The van der Waals surface area contributed by atoms with Crippen molar-refractivity contribution in [2.75, 3.05) is 7.11 Å². The standard InChI is InChI=1S/C13H14N2O2/c1-17-12-5-3-2-4-10(12)8-13-14-7-6-11(9-16)15-13/h2-7,16H,8-9H2,1H3. The number of aliphatic hydroxyl groups excluding tert-OH is 1. The molecule has 88 valence electrons. The van der Waals surface area contributed by atoms with E-state index >= 15 is 0 Å². The Bertz CT molecular complexity index is 500. The summed E-state index contributed by atoms with van der Waals surface area (Å²) in [6.45, 7) is -0.0680. The normalized spacial score (nSPS) is 10.2. The number of hydrogen-bond acceptors (Lipinski definition) is 4. The number of hydrogen-bond donors (Lipinski definition) is 1. The Morgan fingerprint density at radius 2 is 2.06 bits per heavy atom. The Labute approximate surface area is 99.9 Å². The Balaban J connectivity index is 2.24. The van der Waals surface area contributed by atoms with Crippen LogP contribution in [0, 0.1) is 0 Å². The molecule has 0 aliphatic rings. The topological polar surface area (TPSA) is 55.2 Å². The molecule has 2 aromatic rings. The quantitative estimate of drug-likeness (QED) is 0.866. The smallest absolute Gasteiger partial charge is 0.133 e. The van der Waals surface area contributed by atoms with Gasteiger partial charge in [-0.2, -0.15) is 0 Å². The minimum atomic E-state index is -0.0680. The predicted octanol–water partition coefficient (Wildman–Crippen LogP) is 1.57. The average molecular weight is 230 g/mol. The van der Waals surface area contributed by atoms with Crippen LogP contribution in [0.1, 0.15) is 17.1 Å². The lowest BCUT2D eigenvalue weighted by molar-refractivity contribution is 0.276. The van der Waals surface area contributed by atoms with Crippen LogP contribution in [0.2, 0.25) is 0 Å². The first-order valence-electron chi connectivity index (χ1n) is 5.37. The van der Waals surface area contributed by atoms with Gasteiger partial charge in [0.25, 0.3) is 0 Å². The molecule has 1 heterocycles. The summed E-state index contributed by atoms with van der Waals surface area (Å²) in [5, 5.41) is 9.01. The van der Waals surface area contributed by atoms with Crippen molar-refractivity contribution in [3.8, 4) is 5.75 Å². The van der Waals surface area contributed by atoms with Crippen LogP contribution >= 0.6 is 0 Å². The minimum absolute atomic E-state index is 0.0680. The van der Waals surface area contributed by atoms with E-state index in [9.17, 15) is 0 Å². The maximum Gasteiger partial charge on any atom is 0.133 e. The Morgan fingerprint density at radius 1 is 1.24 bits per heavy atom. The third-order valence-electron chi connectivity index (χ3n) is 2.47. The van der Waals surface area contributed by atoms with Gasteiger partial charge in [0, 0.05) is 18.2 Å². The molecule has 0 aliphatic heterocycles. The second-order valence-corrected chi connectivity index (χ2v) is 3.61. The number of aliphatic hydroxyl groups is 1. The molecule has 4 nitrogen and oxygen atoms in total. The van der Waals surface area contributed by atoms with Crippen molar-refractivity contribution in [1.29, 1.82) is 0 Å². The van der Waals surface area contributed by atoms with Crippen LogP contribution in [0.15, 0.2) is 36.5 Å². The van der Waals surface area contributed by atoms with Gasteiger partial charge < -0.3 is 9.84 Å². The summed E-state index contributed by atoms with van der Waals surface area (Å²) in [7, 11) is 1.64. The highest BCUT2D eigenvalue weighted by Gasteiger charge is 2.05. The molecule has 17 heavy (non-hydrogen) atoms. The summed E-state index contributed by atoms with van der Waals surface area (Å²) in [4.78, 5) is 8.43. The lowest BCUT2D eigenvalue weighted by Gasteiger charge is -2.07. The predicted molar refractivity (Wildman–Crippen MR) is 63.8 cm³/mol. The van der Waals surface area contributed by atoms with Gasteiger partial charge in [-0.25, -0.2) is 9.97 Å². The third kappa shape index (κ3) is 2.79. The molecule has 0 unspecified atom stereocenters. The fourth-order valence-corrected chi connectivity index (χ4v) is 1.63. The Morgan fingerprint density at radius 3 is 2.82 bits per heavy atom. The second kappa shape index (κ2) is 5.41. The van der Waals surface area contributed by atoms with Crippen molar-refractivity contribution < 1.29 is 9.84 Å². The largest absolute Gasteiger partial charge is 0.496 e. The lowest BCUT2D eigenvalue weighted by atomic mass is 10.1.